The lowest BCUT2D eigenvalue weighted by Gasteiger charge is -2.33. The summed E-state index contributed by atoms with van der Waals surface area (Å²) in [6, 6.07) is 24.3. The van der Waals surface area contributed by atoms with Gasteiger partial charge >= 0.3 is 0 Å². The van der Waals surface area contributed by atoms with Crippen LogP contribution in [0.15, 0.2) is 85.2 Å². The highest BCUT2D eigenvalue weighted by Gasteiger charge is 2.37. The number of hydrogen-bond donors (Lipinski definition) is 5. The van der Waals surface area contributed by atoms with Crippen molar-refractivity contribution in [2.45, 2.75) is 75.3 Å². The maximum Gasteiger partial charge on any atom is 0.251 e. The number of Topliss-reactive ketones (excluding diaryl/α,β-unsaturated/α-hetero) is 1. The highest BCUT2D eigenvalue weighted by atomic mass is 35.5. The molecule has 0 saturated carbocycles. The van der Waals surface area contributed by atoms with Crippen LogP contribution in [-0.4, -0.2) is 262 Å². The van der Waals surface area contributed by atoms with E-state index in [1.807, 2.05) is 48.8 Å². The van der Waals surface area contributed by atoms with Crippen LogP contribution >= 0.6 is 46.4 Å². The first-order chi connectivity index (χ1) is 46.6. The van der Waals surface area contributed by atoms with Crippen molar-refractivity contribution in [1.82, 2.24) is 45.1 Å². The van der Waals surface area contributed by atoms with Crippen LogP contribution in [0.2, 0.25) is 20.1 Å². The number of aliphatic hydroxyl groups excluding tert-OH is 4. The zero-order chi connectivity index (χ0) is 68.0. The van der Waals surface area contributed by atoms with Gasteiger partial charge in [-0.15, -0.1) is 10.2 Å². The van der Waals surface area contributed by atoms with Gasteiger partial charge in [0.05, 0.1) is 151 Å². The number of nitrogens with one attached hydrogen (secondary N) is 1. The summed E-state index contributed by atoms with van der Waals surface area (Å²) in [5.74, 6) is -1.57. The number of ketones is 1. The minimum absolute atomic E-state index is 0.0263. The van der Waals surface area contributed by atoms with Gasteiger partial charge in [-0.05, 0) is 90.3 Å². The lowest BCUT2D eigenvalue weighted by Crippen LogP contribution is -2.52. The van der Waals surface area contributed by atoms with Crippen molar-refractivity contribution in [3.63, 3.8) is 0 Å². The molecular formula is C67H89Cl4N9O16. The summed E-state index contributed by atoms with van der Waals surface area (Å²) in [7, 11) is 4.19. The van der Waals surface area contributed by atoms with E-state index in [9.17, 15) is 30.0 Å². The standard InChI is InChI=1S/C67H89Cl4N9O16/c1-77-40-54(52-36-50(68)38-58(70)56(52)42-77)46-6-3-8-48(34-46)60-44-79(75-73-60)12-16-89-20-24-93-28-32-95-30-26-91-22-18-87-14-5-10-62(81)63(82)64(83)65(84)66(85)67(86)72-11-15-88-19-23-92-27-31-96-33-29-94-25-21-90-17-13-80-45-61(74-76-80)49-9-4-7-47(35-49)55-41-78(2)43-57-53(55)37-51(69)39-59(57)71/h3-4,6-9,34-39,44-45,54-55,63-66,82-85H,5,10-33,40-43H2,1-2H3,(H,72,86)/t54-,55-,63-,64+,65+,66-/m0/s1. The predicted octanol–water partition coefficient (Wildman–Crippen LogP) is 5.75. The van der Waals surface area contributed by atoms with Gasteiger partial charge in [0, 0.05) is 88.8 Å². The minimum atomic E-state index is -2.13. The zero-order valence-corrected chi connectivity index (χ0v) is 57.4. The first-order valence-corrected chi connectivity index (χ1v) is 33.8. The van der Waals surface area contributed by atoms with E-state index in [1.54, 1.807) is 21.5 Å². The molecule has 29 heteroatoms. The lowest BCUT2D eigenvalue weighted by molar-refractivity contribution is -0.154. The number of likely N-dealkylation sites (N-methyl/N-ethyl adjacent to an activating group) is 2. The van der Waals surface area contributed by atoms with Gasteiger partial charge in [0.2, 0.25) is 0 Å². The molecule has 5 N–H and O–H groups in total. The SMILES string of the molecule is CN1Cc2c(Cl)cc(Cl)cc2[C@H](c2cccc(-c3cn(CCOCCOCCOCCOCCOCCCC(=O)[C@H](O)[C@@H](O)[C@@H](O)[C@H](O)C(=O)NCCOCCOCCOCCOCCOCCn4cc(-c5cccc([C@@H]6CN(C)Cc7c(Cl)cc(Cl)cc76)c5)nn4)nn3)c2)C1. The van der Waals surface area contributed by atoms with E-state index in [1.165, 1.54) is 0 Å². The third-order valence-corrected chi connectivity index (χ3v) is 17.1. The Morgan fingerprint density at radius 1 is 0.500 bits per heavy atom. The molecule has 6 aromatic rings. The number of carbonyl (C=O) groups excluding carboxylic acids is 2. The van der Waals surface area contributed by atoms with Crippen LogP contribution in [0.3, 0.4) is 0 Å². The number of carbonyl (C=O) groups is 2. The molecule has 0 spiro atoms. The van der Waals surface area contributed by atoms with Gasteiger partial charge in [0.1, 0.15) is 29.7 Å². The first kappa shape index (κ1) is 76.6. The van der Waals surface area contributed by atoms with Crippen LogP contribution in [-0.2, 0) is 83.1 Å². The average Bonchev–Trinajstić information content (AvgIpc) is 0.944. The fourth-order valence-electron chi connectivity index (χ4n) is 11.0. The van der Waals surface area contributed by atoms with Crippen molar-refractivity contribution in [1.29, 1.82) is 0 Å². The lowest BCUT2D eigenvalue weighted by atomic mass is 9.84. The average molecular weight is 1420 g/mol. The third-order valence-electron chi connectivity index (χ3n) is 16.0. The summed E-state index contributed by atoms with van der Waals surface area (Å²) in [6.45, 7) is 11.0. The maximum absolute atomic E-state index is 12.5. The van der Waals surface area contributed by atoms with E-state index in [4.69, 9.17) is 93.8 Å². The Hall–Kier alpha value is -5.18. The van der Waals surface area contributed by atoms with Crippen LogP contribution in [0, 0.1) is 0 Å². The Kier molecular flexibility index (Phi) is 33.0. The smallest absolute Gasteiger partial charge is 0.251 e. The van der Waals surface area contributed by atoms with Gasteiger partial charge in [-0.25, -0.2) is 9.36 Å². The summed E-state index contributed by atoms with van der Waals surface area (Å²) < 4.78 is 59.2. The van der Waals surface area contributed by atoms with Crippen molar-refractivity contribution in [3.8, 4) is 22.5 Å². The second-order valence-electron chi connectivity index (χ2n) is 23.2. The van der Waals surface area contributed by atoms with Gasteiger partial charge in [-0.1, -0.05) is 93.2 Å². The number of ether oxygens (including phenoxy) is 10. The number of halogens is 4. The third kappa shape index (κ3) is 24.6. The molecule has 4 aromatic carbocycles. The van der Waals surface area contributed by atoms with E-state index in [0.29, 0.717) is 126 Å². The topological polar surface area (TPSA) is 287 Å². The van der Waals surface area contributed by atoms with Crippen molar-refractivity contribution in [2.24, 2.45) is 0 Å². The van der Waals surface area contributed by atoms with Crippen LogP contribution in [0.1, 0.15) is 58.1 Å². The summed E-state index contributed by atoms with van der Waals surface area (Å²) in [5.41, 5.74) is 10.3. The number of aliphatic hydroxyl groups is 4. The Morgan fingerprint density at radius 2 is 0.875 bits per heavy atom. The Bertz CT molecular complexity index is 3100. The second kappa shape index (κ2) is 41.4. The molecule has 2 aromatic heterocycles. The van der Waals surface area contributed by atoms with E-state index in [-0.39, 0.29) is 70.9 Å². The molecule has 0 fully saturated rings. The van der Waals surface area contributed by atoms with E-state index < -0.39 is 36.1 Å². The predicted molar refractivity (Wildman–Crippen MR) is 360 cm³/mol. The number of fused-ring (bicyclic) bond motifs is 2. The van der Waals surface area contributed by atoms with Crippen LogP contribution in [0.4, 0.5) is 0 Å². The van der Waals surface area contributed by atoms with E-state index in [2.05, 4.69) is 74.1 Å². The Labute approximate surface area is 579 Å². The van der Waals surface area contributed by atoms with E-state index in [0.717, 1.165) is 82.1 Å². The Morgan fingerprint density at radius 3 is 1.29 bits per heavy atom. The van der Waals surface area contributed by atoms with Gasteiger partial charge in [-0.2, -0.15) is 0 Å². The monoisotopic (exact) mass is 1420 g/mol. The zero-order valence-electron chi connectivity index (χ0n) is 54.3. The van der Waals surface area contributed by atoms with Crippen molar-refractivity contribution in [3.05, 3.63) is 139 Å². The summed E-state index contributed by atoms with van der Waals surface area (Å²) in [6.07, 6.45) is -4.55. The molecular weight excluding hydrogens is 1330 g/mol. The molecule has 25 nitrogen and oxygen atoms in total. The van der Waals surface area contributed by atoms with Gasteiger partial charge < -0.3 is 82.9 Å². The van der Waals surface area contributed by atoms with Crippen LogP contribution in [0.25, 0.3) is 22.5 Å². The van der Waals surface area contributed by atoms with Crippen LogP contribution in [0.5, 0.6) is 0 Å². The minimum Gasteiger partial charge on any atom is -0.387 e. The number of rotatable bonds is 46. The molecule has 526 valence electrons. The van der Waals surface area contributed by atoms with Gasteiger partial charge in [0.25, 0.3) is 5.91 Å². The molecule has 8 rings (SSSR count). The number of benzene rings is 4. The summed E-state index contributed by atoms with van der Waals surface area (Å²) in [5, 5.41) is 63.7. The fourth-order valence-corrected chi connectivity index (χ4v) is 12.2. The molecule has 1 amide bonds. The van der Waals surface area contributed by atoms with Crippen molar-refractivity contribution in [2.75, 3.05) is 166 Å². The largest absolute Gasteiger partial charge is 0.387 e. The normalized spacial score (nSPS) is 16.3. The number of aromatic nitrogens is 6. The molecule has 0 unspecified atom stereocenters. The molecule has 0 saturated heterocycles. The molecule has 4 heterocycles. The summed E-state index contributed by atoms with van der Waals surface area (Å²) in [4.78, 5) is 29.4. The number of amides is 1. The Balaban J connectivity index is 0.537. The fraction of sp³-hybridized carbons (Fsp3) is 0.552. The second-order valence-corrected chi connectivity index (χ2v) is 24.9. The highest BCUT2D eigenvalue weighted by molar-refractivity contribution is 6.35. The highest BCUT2D eigenvalue weighted by Crippen LogP contribution is 2.41. The molecule has 0 bridgehead atoms. The van der Waals surface area contributed by atoms with E-state index >= 15 is 0 Å². The van der Waals surface area contributed by atoms with Gasteiger partial charge in [0.15, 0.2) is 11.9 Å². The van der Waals surface area contributed by atoms with Gasteiger partial charge in [-0.3, -0.25) is 9.59 Å². The molecule has 0 aliphatic carbocycles. The van der Waals surface area contributed by atoms with Crippen LogP contribution < -0.4 is 5.32 Å². The molecule has 2 aliphatic heterocycles. The quantitative estimate of drug-likeness (QED) is 0.0285. The maximum atomic E-state index is 12.5. The first-order valence-electron chi connectivity index (χ1n) is 32.3. The summed E-state index contributed by atoms with van der Waals surface area (Å²) >= 11 is 26.0. The molecule has 0 radical (unpaired) electrons. The molecule has 96 heavy (non-hydrogen) atoms. The number of hydrogen-bond acceptors (Lipinski definition) is 22. The van der Waals surface area contributed by atoms with Crippen molar-refractivity contribution >= 4 is 58.1 Å². The molecule has 2 aliphatic rings. The number of nitrogens with zero attached hydrogens (tertiary/aromatic N) is 8. The molecule has 6 atom stereocenters. The van der Waals surface area contributed by atoms with Crippen molar-refractivity contribution < 1.29 is 77.4 Å².